The van der Waals surface area contributed by atoms with E-state index >= 15 is 0 Å². The van der Waals surface area contributed by atoms with Gasteiger partial charge in [-0.25, -0.2) is 0 Å². The van der Waals surface area contributed by atoms with E-state index in [2.05, 4.69) is 0 Å². The van der Waals surface area contributed by atoms with E-state index in [1.807, 2.05) is 13.8 Å². The molecule has 0 saturated heterocycles. The molecule has 14 heavy (non-hydrogen) atoms. The number of carbonyl (C=O) groups is 2. The maximum atomic E-state index is 10.6. The fourth-order valence-corrected chi connectivity index (χ4v) is 1.56. The molecule has 0 spiro atoms. The molecule has 0 aromatic carbocycles. The van der Waals surface area contributed by atoms with Gasteiger partial charge in [-0.1, -0.05) is 13.8 Å². The number of amides is 1. The first-order chi connectivity index (χ1) is 6.41. The molecule has 0 aromatic rings. The van der Waals surface area contributed by atoms with Gasteiger partial charge in [0, 0.05) is 12.8 Å². The first-order valence-electron chi connectivity index (χ1n) is 4.92. The Hall–Kier alpha value is -1.06. The Morgan fingerprint density at radius 1 is 1.36 bits per heavy atom. The van der Waals surface area contributed by atoms with Gasteiger partial charge in [-0.15, -0.1) is 0 Å². The molecule has 4 nitrogen and oxygen atoms in total. The van der Waals surface area contributed by atoms with E-state index in [1.54, 1.807) is 0 Å². The summed E-state index contributed by atoms with van der Waals surface area (Å²) in [6.45, 7) is 4.08. The fraction of sp³-hybridized carbons (Fsp3) is 0.800. The van der Waals surface area contributed by atoms with Crippen molar-refractivity contribution in [2.24, 2.45) is 17.6 Å². The molecule has 0 bridgehead atoms. The Bertz CT molecular complexity index is 202. The van der Waals surface area contributed by atoms with Gasteiger partial charge in [-0.2, -0.15) is 0 Å². The van der Waals surface area contributed by atoms with Crippen LogP contribution in [0.4, 0.5) is 0 Å². The molecular weight excluding hydrogens is 182 g/mol. The summed E-state index contributed by atoms with van der Waals surface area (Å²) >= 11 is 0. The Kier molecular flexibility index (Phi) is 5.92. The number of hydrogen-bond acceptors (Lipinski definition) is 2. The molecule has 3 N–H and O–H groups in total. The molecule has 82 valence electrons. The topological polar surface area (TPSA) is 80.4 Å². The summed E-state index contributed by atoms with van der Waals surface area (Å²) in [6.07, 6.45) is 1.83. The van der Waals surface area contributed by atoms with E-state index in [9.17, 15) is 9.59 Å². The van der Waals surface area contributed by atoms with Crippen molar-refractivity contribution < 1.29 is 14.7 Å². The van der Waals surface area contributed by atoms with Crippen LogP contribution in [-0.2, 0) is 9.59 Å². The number of carboxylic acids is 1. The molecule has 0 fully saturated rings. The van der Waals surface area contributed by atoms with Gasteiger partial charge < -0.3 is 10.8 Å². The third-order valence-corrected chi connectivity index (χ3v) is 2.07. The minimum absolute atomic E-state index is 0.0694. The van der Waals surface area contributed by atoms with Gasteiger partial charge in [0.05, 0.1) is 0 Å². The van der Waals surface area contributed by atoms with Crippen LogP contribution in [0.1, 0.15) is 39.5 Å². The average Bonchev–Trinajstić information content (AvgIpc) is 1.97. The highest BCUT2D eigenvalue weighted by atomic mass is 16.4. The van der Waals surface area contributed by atoms with Gasteiger partial charge >= 0.3 is 5.97 Å². The zero-order valence-electron chi connectivity index (χ0n) is 8.82. The van der Waals surface area contributed by atoms with Crippen LogP contribution in [0.15, 0.2) is 0 Å². The molecule has 1 unspecified atom stereocenters. The zero-order valence-corrected chi connectivity index (χ0v) is 8.82. The van der Waals surface area contributed by atoms with Crippen LogP contribution in [0.5, 0.6) is 0 Å². The third kappa shape index (κ3) is 7.58. The maximum Gasteiger partial charge on any atom is 0.303 e. The van der Waals surface area contributed by atoms with Crippen molar-refractivity contribution in [3.63, 3.8) is 0 Å². The normalized spacial score (nSPS) is 12.8. The van der Waals surface area contributed by atoms with Crippen LogP contribution >= 0.6 is 0 Å². The summed E-state index contributed by atoms with van der Waals surface area (Å²) in [6, 6.07) is 0. The maximum absolute atomic E-state index is 10.6. The number of nitrogens with two attached hydrogens (primary N) is 1. The molecule has 0 radical (unpaired) electrons. The lowest BCUT2D eigenvalue weighted by Gasteiger charge is -2.15. The molecule has 0 aromatic heterocycles. The van der Waals surface area contributed by atoms with E-state index in [1.165, 1.54) is 0 Å². The van der Waals surface area contributed by atoms with E-state index in [0.717, 1.165) is 6.42 Å². The van der Waals surface area contributed by atoms with Gasteiger partial charge in [0.15, 0.2) is 0 Å². The lowest BCUT2D eigenvalue weighted by molar-refractivity contribution is -0.138. The molecule has 0 aliphatic carbocycles. The van der Waals surface area contributed by atoms with E-state index < -0.39 is 5.97 Å². The van der Waals surface area contributed by atoms with Crippen molar-refractivity contribution >= 4 is 11.9 Å². The van der Waals surface area contributed by atoms with Crippen molar-refractivity contribution in [1.29, 1.82) is 0 Å². The predicted molar refractivity (Wildman–Crippen MR) is 53.6 cm³/mol. The molecular formula is C10H19NO3. The van der Waals surface area contributed by atoms with Crippen LogP contribution in [0, 0.1) is 11.8 Å². The Morgan fingerprint density at radius 2 is 1.93 bits per heavy atom. The second-order valence-corrected chi connectivity index (χ2v) is 4.10. The predicted octanol–water partition coefficient (Wildman–Crippen LogP) is 1.39. The highest BCUT2D eigenvalue weighted by molar-refractivity contribution is 5.73. The van der Waals surface area contributed by atoms with Gasteiger partial charge in [-0.05, 0) is 24.7 Å². The first-order valence-corrected chi connectivity index (χ1v) is 4.92. The first kappa shape index (κ1) is 12.9. The van der Waals surface area contributed by atoms with Crippen LogP contribution < -0.4 is 5.73 Å². The van der Waals surface area contributed by atoms with E-state index in [4.69, 9.17) is 10.8 Å². The standard InChI is InChI=1S/C10H19NO3/c1-7(2)5-8(6-10(13)14)3-4-9(11)12/h7-8H,3-6H2,1-2H3,(H2,11,12)(H,13,14). The van der Waals surface area contributed by atoms with Crippen LogP contribution in [0.25, 0.3) is 0 Å². The van der Waals surface area contributed by atoms with Gasteiger partial charge in [0.25, 0.3) is 0 Å². The number of rotatable bonds is 7. The van der Waals surface area contributed by atoms with Crippen LogP contribution in [-0.4, -0.2) is 17.0 Å². The third-order valence-electron chi connectivity index (χ3n) is 2.07. The second-order valence-electron chi connectivity index (χ2n) is 4.10. The van der Waals surface area contributed by atoms with Crippen molar-refractivity contribution in [2.75, 3.05) is 0 Å². The highest BCUT2D eigenvalue weighted by Gasteiger charge is 2.15. The van der Waals surface area contributed by atoms with Gasteiger partial charge in [-0.3, -0.25) is 9.59 Å². The van der Waals surface area contributed by atoms with Crippen LogP contribution in [0.2, 0.25) is 0 Å². The number of carboxylic acid groups (broad SMARTS) is 1. The van der Waals surface area contributed by atoms with Crippen molar-refractivity contribution in [3.8, 4) is 0 Å². The second kappa shape index (κ2) is 6.40. The summed E-state index contributed by atoms with van der Waals surface area (Å²) in [5.74, 6) is -0.642. The Balaban J connectivity index is 3.96. The van der Waals surface area contributed by atoms with Gasteiger partial charge in [0.1, 0.15) is 0 Å². The molecule has 0 aliphatic heterocycles. The molecule has 0 aliphatic rings. The number of carbonyl (C=O) groups excluding carboxylic acids is 1. The molecule has 0 saturated carbocycles. The number of aliphatic carboxylic acids is 1. The monoisotopic (exact) mass is 201 g/mol. The quantitative estimate of drug-likeness (QED) is 0.653. The van der Waals surface area contributed by atoms with Crippen molar-refractivity contribution in [1.82, 2.24) is 0 Å². The number of primary amides is 1. The van der Waals surface area contributed by atoms with Gasteiger partial charge in [0.2, 0.25) is 5.91 Å². The van der Waals surface area contributed by atoms with E-state index in [-0.39, 0.29) is 24.7 Å². The molecule has 0 rings (SSSR count). The minimum atomic E-state index is -0.805. The fourth-order valence-electron chi connectivity index (χ4n) is 1.56. The summed E-state index contributed by atoms with van der Waals surface area (Å²) in [7, 11) is 0. The minimum Gasteiger partial charge on any atom is -0.481 e. The lowest BCUT2D eigenvalue weighted by Crippen LogP contribution is -2.16. The molecule has 0 heterocycles. The largest absolute Gasteiger partial charge is 0.481 e. The van der Waals surface area contributed by atoms with E-state index in [0.29, 0.717) is 12.3 Å². The summed E-state index contributed by atoms with van der Waals surface area (Å²) < 4.78 is 0. The average molecular weight is 201 g/mol. The SMILES string of the molecule is CC(C)CC(CCC(N)=O)CC(=O)O. The molecule has 4 heteroatoms. The van der Waals surface area contributed by atoms with Crippen molar-refractivity contribution in [2.45, 2.75) is 39.5 Å². The summed E-state index contributed by atoms with van der Waals surface area (Å²) in [5, 5.41) is 8.65. The highest BCUT2D eigenvalue weighted by Crippen LogP contribution is 2.20. The zero-order chi connectivity index (χ0) is 11.1. The van der Waals surface area contributed by atoms with Crippen molar-refractivity contribution in [3.05, 3.63) is 0 Å². The van der Waals surface area contributed by atoms with Crippen LogP contribution in [0.3, 0.4) is 0 Å². The molecule has 1 amide bonds. The lowest BCUT2D eigenvalue weighted by atomic mass is 9.90. The summed E-state index contributed by atoms with van der Waals surface area (Å²) in [5.41, 5.74) is 5.02. The number of hydrogen-bond donors (Lipinski definition) is 2. The Labute approximate surface area is 84.5 Å². The smallest absolute Gasteiger partial charge is 0.303 e. The summed E-state index contributed by atoms with van der Waals surface area (Å²) in [4.78, 5) is 21.1. The molecule has 1 atom stereocenters. The Morgan fingerprint density at radius 3 is 2.29 bits per heavy atom.